The Labute approximate surface area is 141 Å². The molecule has 7 heteroatoms. The summed E-state index contributed by atoms with van der Waals surface area (Å²) in [6.07, 6.45) is 0.750. The Kier molecular flexibility index (Phi) is 5.69. The summed E-state index contributed by atoms with van der Waals surface area (Å²) in [5.74, 6) is -0.963. The smallest absolute Gasteiger partial charge is 0.243 e. The molecule has 0 aliphatic carbocycles. The normalized spacial score (nSPS) is 11.5. The zero-order valence-corrected chi connectivity index (χ0v) is 14.3. The molecule has 0 aliphatic heterocycles. The molecule has 0 aliphatic rings. The number of carbonyl (C=O) groups excluding carboxylic acids is 1. The molecule has 0 radical (unpaired) electrons. The minimum absolute atomic E-state index is 0.0619. The van der Waals surface area contributed by atoms with Crippen molar-refractivity contribution in [2.75, 3.05) is 18.9 Å². The lowest BCUT2D eigenvalue weighted by Gasteiger charge is -2.17. The fourth-order valence-corrected chi connectivity index (χ4v) is 3.34. The largest absolute Gasteiger partial charge is 0.325 e. The third-order valence-electron chi connectivity index (χ3n) is 3.56. The molecule has 0 bridgehead atoms. The average molecular weight is 350 g/mol. The maximum Gasteiger partial charge on any atom is 0.243 e. The summed E-state index contributed by atoms with van der Waals surface area (Å²) >= 11 is 0. The topological polar surface area (TPSA) is 66.5 Å². The second kappa shape index (κ2) is 7.55. The molecule has 0 unspecified atom stereocenters. The number of benzene rings is 2. The second-order valence-electron chi connectivity index (χ2n) is 5.27. The molecular formula is C17H19FN2O3S. The molecule has 0 heterocycles. The summed E-state index contributed by atoms with van der Waals surface area (Å²) in [6, 6.07) is 11.8. The number of hydrogen-bond acceptors (Lipinski definition) is 3. The quantitative estimate of drug-likeness (QED) is 0.871. The lowest BCUT2D eigenvalue weighted by atomic mass is 10.1. The predicted molar refractivity (Wildman–Crippen MR) is 90.7 cm³/mol. The van der Waals surface area contributed by atoms with Crippen molar-refractivity contribution in [2.45, 2.75) is 18.2 Å². The minimum atomic E-state index is -3.85. The van der Waals surface area contributed by atoms with Gasteiger partial charge >= 0.3 is 0 Å². The van der Waals surface area contributed by atoms with Crippen LogP contribution < -0.4 is 5.32 Å². The molecule has 2 rings (SSSR count). The van der Waals surface area contributed by atoms with Gasteiger partial charge in [0.2, 0.25) is 15.9 Å². The number of aryl methyl sites for hydroxylation is 1. The van der Waals surface area contributed by atoms with Crippen LogP contribution in [-0.2, 0) is 21.2 Å². The van der Waals surface area contributed by atoms with Gasteiger partial charge in [0.25, 0.3) is 0 Å². The lowest BCUT2D eigenvalue weighted by Crippen LogP contribution is -2.35. The van der Waals surface area contributed by atoms with Crippen molar-refractivity contribution in [2.24, 2.45) is 0 Å². The number of nitrogens with one attached hydrogen (secondary N) is 1. The van der Waals surface area contributed by atoms with Gasteiger partial charge in [-0.3, -0.25) is 4.79 Å². The molecule has 0 saturated carbocycles. The SMILES string of the molecule is CCc1ccccc1NC(=O)CN(C)S(=O)(=O)c1ccc(F)cc1. The average Bonchev–Trinajstić information content (AvgIpc) is 2.55. The van der Waals surface area contributed by atoms with E-state index in [2.05, 4.69) is 5.32 Å². The number of likely N-dealkylation sites (N-methyl/N-ethyl adjacent to an activating group) is 1. The van der Waals surface area contributed by atoms with Crippen molar-refractivity contribution >= 4 is 21.6 Å². The first kappa shape index (κ1) is 18.1. The maximum atomic E-state index is 12.9. The van der Waals surface area contributed by atoms with Crippen LogP contribution in [0.3, 0.4) is 0 Å². The highest BCUT2D eigenvalue weighted by atomic mass is 32.2. The Morgan fingerprint density at radius 2 is 1.75 bits per heavy atom. The lowest BCUT2D eigenvalue weighted by molar-refractivity contribution is -0.116. The highest BCUT2D eigenvalue weighted by Crippen LogP contribution is 2.17. The number of hydrogen-bond donors (Lipinski definition) is 1. The van der Waals surface area contributed by atoms with Crippen LogP contribution in [0, 0.1) is 5.82 Å². The number of halogens is 1. The van der Waals surface area contributed by atoms with Crippen molar-refractivity contribution in [3.63, 3.8) is 0 Å². The van der Waals surface area contributed by atoms with Gasteiger partial charge in [-0.05, 0) is 42.3 Å². The van der Waals surface area contributed by atoms with Crippen molar-refractivity contribution in [1.82, 2.24) is 4.31 Å². The van der Waals surface area contributed by atoms with Crippen LogP contribution in [0.2, 0.25) is 0 Å². The molecule has 0 saturated heterocycles. The van der Waals surface area contributed by atoms with E-state index in [1.54, 1.807) is 12.1 Å². The first-order valence-electron chi connectivity index (χ1n) is 7.44. The van der Waals surface area contributed by atoms with Crippen LogP contribution in [-0.4, -0.2) is 32.2 Å². The Hall–Kier alpha value is -2.25. The Morgan fingerprint density at radius 3 is 2.38 bits per heavy atom. The summed E-state index contributed by atoms with van der Waals surface area (Å²) in [6.45, 7) is 1.63. The maximum absolute atomic E-state index is 12.9. The van der Waals surface area contributed by atoms with Gasteiger partial charge in [0.1, 0.15) is 5.82 Å². The molecule has 5 nitrogen and oxygen atoms in total. The number of sulfonamides is 1. The molecular weight excluding hydrogens is 331 g/mol. The summed E-state index contributed by atoms with van der Waals surface area (Å²) in [5.41, 5.74) is 1.63. The number of anilines is 1. The molecule has 0 spiro atoms. The van der Waals surface area contributed by atoms with Crippen LogP contribution in [0.4, 0.5) is 10.1 Å². The van der Waals surface area contributed by atoms with Gasteiger partial charge in [-0.25, -0.2) is 12.8 Å². The summed E-state index contributed by atoms with van der Waals surface area (Å²) in [7, 11) is -2.54. The van der Waals surface area contributed by atoms with E-state index in [0.717, 1.165) is 28.4 Å². The van der Waals surface area contributed by atoms with Gasteiger partial charge < -0.3 is 5.32 Å². The van der Waals surface area contributed by atoms with Gasteiger partial charge in [0.05, 0.1) is 11.4 Å². The molecule has 24 heavy (non-hydrogen) atoms. The van der Waals surface area contributed by atoms with Crippen LogP contribution in [0.5, 0.6) is 0 Å². The Bertz CT molecular complexity index is 820. The van der Waals surface area contributed by atoms with Crippen molar-refractivity contribution in [3.8, 4) is 0 Å². The van der Waals surface area contributed by atoms with E-state index in [-0.39, 0.29) is 11.4 Å². The van der Waals surface area contributed by atoms with Crippen LogP contribution in [0.1, 0.15) is 12.5 Å². The first-order chi connectivity index (χ1) is 11.3. The van der Waals surface area contributed by atoms with E-state index in [1.165, 1.54) is 19.2 Å². The third kappa shape index (κ3) is 4.18. The number of amides is 1. The van der Waals surface area contributed by atoms with Crippen LogP contribution in [0.15, 0.2) is 53.4 Å². The highest BCUT2D eigenvalue weighted by Gasteiger charge is 2.23. The standard InChI is InChI=1S/C17H19FN2O3S/c1-3-13-6-4-5-7-16(13)19-17(21)12-20(2)24(22,23)15-10-8-14(18)9-11-15/h4-11H,3,12H2,1-2H3,(H,19,21). The van der Waals surface area contributed by atoms with Crippen LogP contribution in [0.25, 0.3) is 0 Å². The van der Waals surface area contributed by atoms with Crippen LogP contribution >= 0.6 is 0 Å². The van der Waals surface area contributed by atoms with Crippen molar-refractivity contribution in [3.05, 3.63) is 59.9 Å². The predicted octanol–water partition coefficient (Wildman–Crippen LogP) is 2.65. The molecule has 2 aromatic carbocycles. The van der Waals surface area contributed by atoms with Gasteiger partial charge in [0.15, 0.2) is 0 Å². The van der Waals surface area contributed by atoms with Gasteiger partial charge in [-0.1, -0.05) is 25.1 Å². The molecule has 2 aromatic rings. The van der Waals surface area contributed by atoms with Crippen molar-refractivity contribution in [1.29, 1.82) is 0 Å². The number of carbonyl (C=O) groups is 1. The molecule has 0 fully saturated rings. The Morgan fingerprint density at radius 1 is 1.12 bits per heavy atom. The van der Waals surface area contributed by atoms with Gasteiger partial charge in [-0.15, -0.1) is 0 Å². The fourth-order valence-electron chi connectivity index (χ4n) is 2.21. The summed E-state index contributed by atoms with van der Waals surface area (Å²) < 4.78 is 38.6. The summed E-state index contributed by atoms with van der Waals surface area (Å²) in [5, 5.41) is 2.72. The highest BCUT2D eigenvalue weighted by molar-refractivity contribution is 7.89. The number of nitrogens with zero attached hydrogens (tertiary/aromatic N) is 1. The molecule has 0 aromatic heterocycles. The van der Waals surface area contributed by atoms with E-state index in [4.69, 9.17) is 0 Å². The molecule has 1 N–H and O–H groups in total. The van der Waals surface area contributed by atoms with E-state index in [0.29, 0.717) is 5.69 Å². The van der Waals surface area contributed by atoms with Crippen molar-refractivity contribution < 1.29 is 17.6 Å². The van der Waals surface area contributed by atoms with E-state index in [9.17, 15) is 17.6 Å². The zero-order chi connectivity index (χ0) is 17.7. The molecule has 128 valence electrons. The fraction of sp³-hybridized carbons (Fsp3) is 0.235. The van der Waals surface area contributed by atoms with E-state index < -0.39 is 21.7 Å². The monoisotopic (exact) mass is 350 g/mol. The zero-order valence-electron chi connectivity index (χ0n) is 13.5. The summed E-state index contributed by atoms with van der Waals surface area (Å²) in [4.78, 5) is 12.1. The minimum Gasteiger partial charge on any atom is -0.325 e. The number of rotatable bonds is 6. The van der Waals surface area contributed by atoms with E-state index >= 15 is 0 Å². The van der Waals surface area contributed by atoms with E-state index in [1.807, 2.05) is 19.1 Å². The molecule has 0 atom stereocenters. The van der Waals surface area contributed by atoms with Gasteiger partial charge in [0, 0.05) is 12.7 Å². The molecule has 1 amide bonds. The second-order valence-corrected chi connectivity index (χ2v) is 7.32. The first-order valence-corrected chi connectivity index (χ1v) is 8.88. The van der Waals surface area contributed by atoms with Gasteiger partial charge in [-0.2, -0.15) is 4.31 Å². The number of para-hydroxylation sites is 1. The third-order valence-corrected chi connectivity index (χ3v) is 5.38. The Balaban J connectivity index is 2.09.